The fraction of sp³-hybridized carbons (Fsp3) is 0.0909. The summed E-state index contributed by atoms with van der Waals surface area (Å²) in [4.78, 5) is 9.78. The molecule has 8 heteroatoms. The minimum Gasteiger partial charge on any atom is -0.497 e. The average Bonchev–Trinajstić information content (AvgIpc) is 2.75. The Bertz CT molecular complexity index is 558. The van der Waals surface area contributed by atoms with Gasteiger partial charge in [0, 0.05) is 4.88 Å². The van der Waals surface area contributed by atoms with Crippen molar-refractivity contribution in [3.8, 4) is 16.2 Å². The molecular formula is C11H13NO4S3. The second-order valence-corrected chi connectivity index (χ2v) is 5.92. The van der Waals surface area contributed by atoms with Crippen LogP contribution in [-0.2, 0) is 0 Å². The van der Waals surface area contributed by atoms with Crippen molar-refractivity contribution in [2.75, 3.05) is 7.11 Å². The summed E-state index contributed by atoms with van der Waals surface area (Å²) < 4.78 is 6.04. The van der Waals surface area contributed by atoms with Gasteiger partial charge in [0.2, 0.25) is 0 Å². The molecule has 2 rings (SSSR count). The maximum atomic E-state index is 8.56. The molecule has 0 saturated heterocycles. The maximum absolute atomic E-state index is 8.56. The molecule has 0 saturated carbocycles. The van der Waals surface area contributed by atoms with Gasteiger partial charge in [0.1, 0.15) is 9.57 Å². The lowest BCUT2D eigenvalue weighted by molar-refractivity contribution is 0.137. The van der Waals surface area contributed by atoms with Gasteiger partial charge >= 0.3 is 6.16 Å². The Morgan fingerprint density at radius 1 is 1.21 bits per heavy atom. The third-order valence-corrected chi connectivity index (χ3v) is 4.75. The van der Waals surface area contributed by atoms with E-state index in [0.717, 1.165) is 9.57 Å². The first kappa shape index (κ1) is 17.5. The third-order valence-electron chi connectivity index (χ3n) is 1.84. The zero-order chi connectivity index (χ0) is 13.5. The van der Waals surface area contributed by atoms with Gasteiger partial charge in [-0.15, -0.1) is 0 Å². The van der Waals surface area contributed by atoms with E-state index in [1.54, 1.807) is 27.8 Å². The number of hydrogen-bond donors (Lipinski definition) is 3. The second-order valence-electron chi connectivity index (χ2n) is 3.01. The van der Waals surface area contributed by atoms with E-state index in [-0.39, 0.29) is 6.15 Å². The highest BCUT2D eigenvalue weighted by atomic mass is 32.9. The van der Waals surface area contributed by atoms with Gasteiger partial charge in [-0.3, -0.25) is 0 Å². The minimum atomic E-state index is -1.83. The van der Waals surface area contributed by atoms with Gasteiger partial charge < -0.3 is 21.1 Å². The standard InChI is InChI=1S/C10H8OS3.CH2O3.H3N/c1-11-8-4-2-7(3-5-8)9-6-10(12)14-13-9;2-1(3)4;/h2-6H,1H3;(H2,2,3,4);1H3. The highest BCUT2D eigenvalue weighted by Gasteiger charge is 2.00. The Balaban J connectivity index is 0.000000576. The fourth-order valence-corrected chi connectivity index (χ4v) is 3.53. The summed E-state index contributed by atoms with van der Waals surface area (Å²) in [5, 5.41) is 13.9. The molecular weight excluding hydrogens is 306 g/mol. The number of benzene rings is 1. The van der Waals surface area contributed by atoms with Crippen LogP contribution in [0.5, 0.6) is 5.75 Å². The van der Waals surface area contributed by atoms with Crippen LogP contribution >= 0.6 is 32.9 Å². The van der Waals surface area contributed by atoms with E-state index >= 15 is 0 Å². The lowest BCUT2D eigenvalue weighted by Crippen LogP contribution is -1.81. The molecule has 1 aromatic heterocycles. The van der Waals surface area contributed by atoms with Crippen LogP contribution in [0.2, 0.25) is 0 Å². The normalized spacial score (nSPS) is 8.68. The molecule has 0 unspecified atom stereocenters. The van der Waals surface area contributed by atoms with E-state index < -0.39 is 6.16 Å². The average molecular weight is 319 g/mol. The van der Waals surface area contributed by atoms with Crippen molar-refractivity contribution in [1.29, 1.82) is 0 Å². The van der Waals surface area contributed by atoms with Gasteiger partial charge in [0.05, 0.1) is 7.11 Å². The molecule has 0 aliphatic heterocycles. The van der Waals surface area contributed by atoms with Crippen LogP contribution < -0.4 is 10.9 Å². The summed E-state index contributed by atoms with van der Waals surface area (Å²) in [6, 6.07) is 10.1. The lowest BCUT2D eigenvalue weighted by Gasteiger charge is -2.00. The van der Waals surface area contributed by atoms with E-state index in [2.05, 4.69) is 0 Å². The SMILES string of the molecule is COc1ccc(-c2cc(=S)ss2)cc1.N.O=C(O)O. The molecule has 0 spiro atoms. The topological polar surface area (TPSA) is 102 Å². The Morgan fingerprint density at radius 2 is 1.74 bits per heavy atom. The van der Waals surface area contributed by atoms with E-state index in [4.69, 9.17) is 32.0 Å². The van der Waals surface area contributed by atoms with E-state index in [0.29, 0.717) is 0 Å². The molecule has 1 aromatic carbocycles. The molecule has 0 atom stereocenters. The predicted molar refractivity (Wildman–Crippen MR) is 80.7 cm³/mol. The molecule has 0 aliphatic rings. The highest BCUT2D eigenvalue weighted by Crippen LogP contribution is 2.30. The van der Waals surface area contributed by atoms with Crippen molar-refractivity contribution in [3.63, 3.8) is 0 Å². The minimum absolute atomic E-state index is 0. The largest absolute Gasteiger partial charge is 0.503 e. The van der Waals surface area contributed by atoms with Gasteiger partial charge in [0.15, 0.2) is 0 Å². The molecule has 0 aliphatic carbocycles. The Hall–Kier alpha value is -1.48. The summed E-state index contributed by atoms with van der Waals surface area (Å²) in [5.74, 6) is 0.882. The molecule has 0 amide bonds. The van der Waals surface area contributed by atoms with Gasteiger partial charge in [-0.25, -0.2) is 4.79 Å². The molecule has 0 bridgehead atoms. The summed E-state index contributed by atoms with van der Waals surface area (Å²) in [6.45, 7) is 0. The second kappa shape index (κ2) is 8.59. The first-order chi connectivity index (χ1) is 8.52. The van der Waals surface area contributed by atoms with Crippen molar-refractivity contribution in [2.24, 2.45) is 0 Å². The summed E-state index contributed by atoms with van der Waals surface area (Å²) in [5.41, 5.74) is 1.20. The monoisotopic (exact) mass is 319 g/mol. The van der Waals surface area contributed by atoms with Gasteiger partial charge in [-0.2, -0.15) is 0 Å². The molecule has 5 N–H and O–H groups in total. The molecule has 1 heterocycles. The van der Waals surface area contributed by atoms with Crippen LogP contribution in [0.15, 0.2) is 30.3 Å². The van der Waals surface area contributed by atoms with Crippen LogP contribution in [0.1, 0.15) is 0 Å². The van der Waals surface area contributed by atoms with Crippen LogP contribution in [-0.4, -0.2) is 23.5 Å². The summed E-state index contributed by atoms with van der Waals surface area (Å²) >= 11 is 5.09. The molecule has 104 valence electrons. The van der Waals surface area contributed by atoms with Crippen LogP contribution in [0.25, 0.3) is 10.4 Å². The van der Waals surface area contributed by atoms with Gasteiger partial charge in [0.25, 0.3) is 0 Å². The highest BCUT2D eigenvalue weighted by molar-refractivity contribution is 7.80. The number of rotatable bonds is 2. The quantitative estimate of drug-likeness (QED) is 0.552. The predicted octanol–water partition coefficient (Wildman–Crippen LogP) is 4.60. The molecule has 0 fully saturated rings. The van der Waals surface area contributed by atoms with Crippen molar-refractivity contribution in [3.05, 3.63) is 34.2 Å². The Labute approximate surface area is 122 Å². The zero-order valence-electron chi connectivity index (χ0n) is 10.0. The number of ether oxygens (including phenoxy) is 1. The molecule has 5 nitrogen and oxygen atoms in total. The Morgan fingerprint density at radius 3 is 2.11 bits per heavy atom. The van der Waals surface area contributed by atoms with Gasteiger partial charge in [-0.1, -0.05) is 32.9 Å². The lowest BCUT2D eigenvalue weighted by atomic mass is 10.2. The van der Waals surface area contributed by atoms with E-state index in [1.807, 2.05) is 30.3 Å². The molecule has 19 heavy (non-hydrogen) atoms. The summed E-state index contributed by atoms with van der Waals surface area (Å²) in [6.07, 6.45) is -1.83. The molecule has 2 aromatic rings. The van der Waals surface area contributed by atoms with Crippen LogP contribution in [0.4, 0.5) is 4.79 Å². The van der Waals surface area contributed by atoms with E-state index in [1.165, 1.54) is 10.4 Å². The van der Waals surface area contributed by atoms with E-state index in [9.17, 15) is 0 Å². The first-order valence-corrected chi connectivity index (χ1v) is 7.25. The smallest absolute Gasteiger partial charge is 0.497 e. The zero-order valence-corrected chi connectivity index (χ0v) is 12.5. The van der Waals surface area contributed by atoms with Crippen molar-refractivity contribution in [1.82, 2.24) is 6.15 Å². The van der Waals surface area contributed by atoms with Crippen LogP contribution in [0, 0.1) is 3.82 Å². The van der Waals surface area contributed by atoms with Crippen LogP contribution in [0.3, 0.4) is 0 Å². The summed E-state index contributed by atoms with van der Waals surface area (Å²) in [7, 11) is 5.02. The maximum Gasteiger partial charge on any atom is 0.503 e. The molecule has 0 radical (unpaired) electrons. The van der Waals surface area contributed by atoms with Crippen molar-refractivity contribution >= 4 is 39.1 Å². The van der Waals surface area contributed by atoms with Crippen molar-refractivity contribution < 1.29 is 19.7 Å². The third kappa shape index (κ3) is 6.30. The fourth-order valence-electron chi connectivity index (χ4n) is 1.13. The number of methoxy groups -OCH3 is 1. The number of carbonyl (C=O) groups is 1. The van der Waals surface area contributed by atoms with Gasteiger partial charge in [-0.05, 0) is 35.9 Å². The first-order valence-electron chi connectivity index (χ1n) is 4.69. The number of hydrogen-bond acceptors (Lipinski definition) is 6. The Kier molecular flexibility index (Phi) is 7.92. The number of carboxylic acid groups (broad SMARTS) is 2. The van der Waals surface area contributed by atoms with Crippen molar-refractivity contribution in [2.45, 2.75) is 0 Å².